The first-order valence-corrected chi connectivity index (χ1v) is 9.77. The Balaban J connectivity index is 1.58. The van der Waals surface area contributed by atoms with Gasteiger partial charge in [0.25, 0.3) is 17.7 Å². The van der Waals surface area contributed by atoms with E-state index >= 15 is 0 Å². The predicted octanol–water partition coefficient (Wildman–Crippen LogP) is 3.69. The molecule has 0 fully saturated rings. The lowest BCUT2D eigenvalue weighted by molar-refractivity contribution is 0.0599. The summed E-state index contributed by atoms with van der Waals surface area (Å²) >= 11 is 0. The lowest BCUT2D eigenvalue weighted by atomic mass is 9.93. The summed E-state index contributed by atoms with van der Waals surface area (Å²) in [5, 5.41) is 2.74. The average molecular weight is 406 g/mol. The number of ketones is 1. The summed E-state index contributed by atoms with van der Waals surface area (Å²) in [6.07, 6.45) is 0.255. The number of hydrogen-bond acceptors (Lipinski definition) is 5. The van der Waals surface area contributed by atoms with Gasteiger partial charge in [0.05, 0.1) is 23.1 Å². The predicted molar refractivity (Wildman–Crippen MR) is 110 cm³/mol. The summed E-state index contributed by atoms with van der Waals surface area (Å²) in [6.45, 7) is 7.22. The van der Waals surface area contributed by atoms with Gasteiger partial charge < -0.3 is 10.1 Å². The van der Waals surface area contributed by atoms with Gasteiger partial charge in [0, 0.05) is 17.3 Å². The number of fused-ring (bicyclic) bond motifs is 2. The molecule has 0 radical (unpaired) electrons. The number of nitrogens with zero attached hydrogens (tertiary/aromatic N) is 1. The zero-order valence-corrected chi connectivity index (χ0v) is 17.2. The monoisotopic (exact) mass is 406 g/mol. The SMILES string of the molecule is CC(C)N1C(=O)c2ccc(C(=O)Nc3ccc4c(c3)C(=O)CC(C)(C)O4)cc2C1=O. The lowest BCUT2D eigenvalue weighted by Crippen LogP contribution is -2.35. The molecule has 2 aliphatic rings. The Morgan fingerprint density at radius 1 is 1.00 bits per heavy atom. The van der Waals surface area contributed by atoms with Crippen LogP contribution in [0, 0.1) is 0 Å². The second-order valence-electron chi connectivity index (χ2n) is 8.46. The van der Waals surface area contributed by atoms with Crippen LogP contribution in [0.15, 0.2) is 36.4 Å². The van der Waals surface area contributed by atoms with Gasteiger partial charge in [0.1, 0.15) is 11.4 Å². The Kier molecular flexibility index (Phi) is 4.49. The van der Waals surface area contributed by atoms with Gasteiger partial charge in [-0.3, -0.25) is 24.1 Å². The number of carbonyl (C=O) groups excluding carboxylic acids is 4. The van der Waals surface area contributed by atoms with Gasteiger partial charge in [0.2, 0.25) is 0 Å². The average Bonchev–Trinajstić information content (AvgIpc) is 2.91. The zero-order chi connectivity index (χ0) is 21.8. The molecule has 2 heterocycles. The van der Waals surface area contributed by atoms with E-state index < -0.39 is 17.4 Å². The maximum atomic E-state index is 12.7. The third-order valence-corrected chi connectivity index (χ3v) is 5.21. The van der Waals surface area contributed by atoms with Crippen molar-refractivity contribution in [3.05, 3.63) is 58.7 Å². The standard InChI is InChI=1S/C23H22N2O5/c1-12(2)25-21(28)15-7-5-13(9-16(15)22(25)29)20(27)24-14-6-8-19-17(10-14)18(26)11-23(3,4)30-19/h5-10,12H,11H2,1-4H3,(H,24,27). The molecule has 30 heavy (non-hydrogen) atoms. The highest BCUT2D eigenvalue weighted by Crippen LogP contribution is 2.34. The summed E-state index contributed by atoms with van der Waals surface area (Å²) in [7, 11) is 0. The topological polar surface area (TPSA) is 92.8 Å². The Labute approximate surface area is 174 Å². The highest BCUT2D eigenvalue weighted by Gasteiger charge is 2.37. The van der Waals surface area contributed by atoms with Crippen molar-refractivity contribution in [1.29, 1.82) is 0 Å². The molecule has 2 aromatic carbocycles. The third-order valence-electron chi connectivity index (χ3n) is 5.21. The van der Waals surface area contributed by atoms with Gasteiger partial charge in [-0.15, -0.1) is 0 Å². The van der Waals surface area contributed by atoms with E-state index in [4.69, 9.17) is 4.74 Å². The third kappa shape index (κ3) is 3.26. The van der Waals surface area contributed by atoms with E-state index in [9.17, 15) is 19.2 Å². The molecule has 154 valence electrons. The van der Waals surface area contributed by atoms with Crippen molar-refractivity contribution in [2.45, 2.75) is 45.8 Å². The van der Waals surface area contributed by atoms with Crippen LogP contribution in [0.1, 0.15) is 75.5 Å². The Hall–Kier alpha value is -3.48. The van der Waals surface area contributed by atoms with Crippen molar-refractivity contribution >= 4 is 29.2 Å². The highest BCUT2D eigenvalue weighted by molar-refractivity contribution is 6.22. The van der Waals surface area contributed by atoms with E-state index in [1.807, 2.05) is 13.8 Å². The largest absolute Gasteiger partial charge is 0.487 e. The summed E-state index contributed by atoms with van der Waals surface area (Å²) < 4.78 is 5.83. The van der Waals surface area contributed by atoms with Crippen LogP contribution in [0.25, 0.3) is 0 Å². The molecule has 4 rings (SSSR count). The molecule has 7 heteroatoms. The van der Waals surface area contributed by atoms with E-state index in [1.165, 1.54) is 23.1 Å². The van der Waals surface area contributed by atoms with E-state index in [2.05, 4.69) is 5.32 Å². The van der Waals surface area contributed by atoms with Gasteiger partial charge in [-0.25, -0.2) is 0 Å². The van der Waals surface area contributed by atoms with Crippen LogP contribution in [-0.2, 0) is 0 Å². The highest BCUT2D eigenvalue weighted by atomic mass is 16.5. The van der Waals surface area contributed by atoms with E-state index in [-0.39, 0.29) is 35.3 Å². The summed E-state index contributed by atoms with van der Waals surface area (Å²) in [6, 6.07) is 9.09. The van der Waals surface area contributed by atoms with Crippen LogP contribution in [0.5, 0.6) is 5.75 Å². The minimum Gasteiger partial charge on any atom is -0.487 e. The van der Waals surface area contributed by atoms with Crippen molar-refractivity contribution in [2.24, 2.45) is 0 Å². The fourth-order valence-corrected chi connectivity index (χ4v) is 3.80. The van der Waals surface area contributed by atoms with Gasteiger partial charge in [-0.05, 0) is 64.1 Å². The van der Waals surface area contributed by atoms with Crippen LogP contribution in [0.4, 0.5) is 5.69 Å². The lowest BCUT2D eigenvalue weighted by Gasteiger charge is -2.31. The number of Topliss-reactive ketones (excluding diaryl/α,β-unsaturated/α-hetero) is 1. The Morgan fingerprint density at radius 2 is 1.70 bits per heavy atom. The quantitative estimate of drug-likeness (QED) is 0.785. The smallest absolute Gasteiger partial charge is 0.261 e. The molecule has 2 aliphatic heterocycles. The van der Waals surface area contributed by atoms with Crippen LogP contribution in [0.2, 0.25) is 0 Å². The molecule has 0 aromatic heterocycles. The Morgan fingerprint density at radius 3 is 2.40 bits per heavy atom. The number of imide groups is 1. The Bertz CT molecular complexity index is 1120. The maximum Gasteiger partial charge on any atom is 0.261 e. The fourth-order valence-electron chi connectivity index (χ4n) is 3.80. The first-order valence-electron chi connectivity index (χ1n) is 9.77. The van der Waals surface area contributed by atoms with E-state index in [0.29, 0.717) is 22.6 Å². The minimum atomic E-state index is -0.562. The van der Waals surface area contributed by atoms with Crippen LogP contribution >= 0.6 is 0 Å². The molecule has 0 atom stereocenters. The molecule has 0 saturated heterocycles. The number of benzene rings is 2. The van der Waals surface area contributed by atoms with Crippen molar-refractivity contribution < 1.29 is 23.9 Å². The minimum absolute atomic E-state index is 0.0484. The number of ether oxygens (including phenoxy) is 1. The van der Waals surface area contributed by atoms with Crippen LogP contribution in [0.3, 0.4) is 0 Å². The summed E-state index contributed by atoms with van der Waals surface area (Å²) in [5.41, 5.74) is 1.08. The second-order valence-corrected chi connectivity index (χ2v) is 8.46. The number of nitrogens with one attached hydrogen (secondary N) is 1. The molecule has 0 bridgehead atoms. The molecule has 7 nitrogen and oxygen atoms in total. The molecule has 3 amide bonds. The van der Waals surface area contributed by atoms with Gasteiger partial charge >= 0.3 is 0 Å². The summed E-state index contributed by atoms with van der Waals surface area (Å²) in [4.78, 5) is 51.3. The van der Waals surface area contributed by atoms with E-state index in [0.717, 1.165) is 0 Å². The van der Waals surface area contributed by atoms with Crippen molar-refractivity contribution in [3.63, 3.8) is 0 Å². The number of hydrogen-bond donors (Lipinski definition) is 1. The maximum absolute atomic E-state index is 12.7. The second kappa shape index (κ2) is 6.79. The fraction of sp³-hybridized carbons (Fsp3) is 0.304. The number of amides is 3. The number of anilines is 1. The van der Waals surface area contributed by atoms with Gasteiger partial charge in [-0.2, -0.15) is 0 Å². The van der Waals surface area contributed by atoms with Crippen molar-refractivity contribution in [1.82, 2.24) is 4.90 Å². The molecular formula is C23H22N2O5. The van der Waals surface area contributed by atoms with E-state index in [1.54, 1.807) is 32.0 Å². The molecule has 1 N–H and O–H groups in total. The van der Waals surface area contributed by atoms with Crippen LogP contribution < -0.4 is 10.1 Å². The normalized spacial score (nSPS) is 17.0. The molecule has 0 saturated carbocycles. The first-order chi connectivity index (χ1) is 14.1. The number of carbonyl (C=O) groups is 4. The van der Waals surface area contributed by atoms with Gasteiger partial charge in [0.15, 0.2) is 5.78 Å². The number of rotatable bonds is 3. The van der Waals surface area contributed by atoms with Gasteiger partial charge in [-0.1, -0.05) is 0 Å². The molecule has 0 aliphatic carbocycles. The molecule has 0 unspecified atom stereocenters. The van der Waals surface area contributed by atoms with Crippen molar-refractivity contribution in [3.8, 4) is 5.75 Å². The summed E-state index contributed by atoms with van der Waals surface area (Å²) in [5.74, 6) is -0.755. The molecule has 2 aromatic rings. The first kappa shape index (κ1) is 19.8. The van der Waals surface area contributed by atoms with Crippen molar-refractivity contribution in [2.75, 3.05) is 5.32 Å². The van der Waals surface area contributed by atoms with Crippen LogP contribution in [-0.4, -0.2) is 40.0 Å². The molecule has 0 spiro atoms. The molecular weight excluding hydrogens is 384 g/mol. The zero-order valence-electron chi connectivity index (χ0n) is 17.2.